The third-order valence-corrected chi connectivity index (χ3v) is 7.94. The minimum Gasteiger partial charge on any atom is -0.352 e. The molecule has 4 aromatic rings. The number of hydrogen-bond acceptors (Lipinski definition) is 3. The predicted molar refractivity (Wildman–Crippen MR) is 149 cm³/mol. The number of nitrogens with one attached hydrogen (secondary N) is 1. The number of hydrogen-bond donors (Lipinski definition) is 1. The van der Waals surface area contributed by atoms with E-state index in [2.05, 4.69) is 41.9 Å². The second-order valence-electron chi connectivity index (χ2n) is 9.62. The van der Waals surface area contributed by atoms with E-state index in [1.165, 1.54) is 21.6 Å². The largest absolute Gasteiger partial charge is 0.352 e. The second kappa shape index (κ2) is 11.2. The number of nitrogens with zero attached hydrogens (tertiary/aromatic N) is 1. The summed E-state index contributed by atoms with van der Waals surface area (Å²) in [4.78, 5) is 27.8. The highest BCUT2D eigenvalue weighted by Crippen LogP contribution is 2.32. The molecule has 3 aromatic carbocycles. The second-order valence-corrected chi connectivity index (χ2v) is 10.5. The summed E-state index contributed by atoms with van der Waals surface area (Å²) in [5, 5.41) is 3.89. The van der Waals surface area contributed by atoms with E-state index in [1.807, 2.05) is 47.0 Å². The molecule has 0 bridgehead atoms. The van der Waals surface area contributed by atoms with Crippen LogP contribution in [0.15, 0.2) is 88.6 Å². The van der Waals surface area contributed by atoms with Crippen molar-refractivity contribution in [2.24, 2.45) is 5.92 Å². The molecule has 1 aliphatic rings. The molecule has 1 aromatic heterocycles. The molecule has 0 saturated heterocycles. The van der Waals surface area contributed by atoms with Gasteiger partial charge in [0.05, 0.1) is 5.52 Å². The van der Waals surface area contributed by atoms with Crippen molar-refractivity contribution in [3.05, 3.63) is 111 Å². The van der Waals surface area contributed by atoms with Crippen LogP contribution in [0, 0.1) is 5.92 Å². The van der Waals surface area contributed by atoms with Gasteiger partial charge in [-0.2, -0.15) is 0 Å². The van der Waals surface area contributed by atoms with Crippen molar-refractivity contribution < 1.29 is 4.79 Å². The number of carbonyl (C=O) groups is 1. The zero-order valence-electron chi connectivity index (χ0n) is 20.7. The summed E-state index contributed by atoms with van der Waals surface area (Å²) < 4.78 is 1.81. The lowest BCUT2D eigenvalue weighted by Crippen LogP contribution is -2.34. The first-order valence-corrected chi connectivity index (χ1v) is 14.0. The molecule has 1 amide bonds. The number of rotatable bonds is 9. The van der Waals surface area contributed by atoms with E-state index in [1.54, 1.807) is 17.8 Å². The van der Waals surface area contributed by atoms with E-state index in [-0.39, 0.29) is 17.0 Å². The quantitative estimate of drug-likeness (QED) is 0.232. The zero-order chi connectivity index (χ0) is 24.9. The molecule has 0 aliphatic heterocycles. The Balaban J connectivity index is 1.29. The standard InChI is InChI=1S/C31H32N2O2S/c1-36-27-14-13-24-18-23(19-26(24)20-27)15-17-33-29-12-6-5-11-25(29)21-28(31(33)35)30(34)32-16-7-10-22-8-3-2-4-9-22/h2-6,8-9,11-14,20-21,23H,7,10,15-19H2,1H3,(H,32,34). The normalized spacial score (nSPS) is 14.6. The fourth-order valence-electron chi connectivity index (χ4n) is 5.27. The predicted octanol–water partition coefficient (Wildman–Crippen LogP) is 5.89. The van der Waals surface area contributed by atoms with Crippen LogP contribution in [-0.4, -0.2) is 23.3 Å². The van der Waals surface area contributed by atoms with E-state index in [0.717, 1.165) is 43.0 Å². The summed E-state index contributed by atoms with van der Waals surface area (Å²) >= 11 is 1.78. The summed E-state index contributed by atoms with van der Waals surface area (Å²) in [5.41, 5.74) is 5.04. The average molecular weight is 497 g/mol. The van der Waals surface area contributed by atoms with Gasteiger partial charge < -0.3 is 9.88 Å². The highest BCUT2D eigenvalue weighted by atomic mass is 32.2. The van der Waals surface area contributed by atoms with Crippen LogP contribution in [0.4, 0.5) is 0 Å². The molecule has 1 unspecified atom stereocenters. The van der Waals surface area contributed by atoms with Crippen LogP contribution in [-0.2, 0) is 25.8 Å². The first-order valence-electron chi connectivity index (χ1n) is 12.7. The van der Waals surface area contributed by atoms with Gasteiger partial charge >= 0.3 is 0 Å². The molecule has 0 fully saturated rings. The topological polar surface area (TPSA) is 51.1 Å². The number of pyridine rings is 1. The van der Waals surface area contributed by atoms with E-state index < -0.39 is 0 Å². The Hall–Kier alpha value is -3.31. The molecule has 0 saturated carbocycles. The number of para-hydroxylation sites is 1. The van der Waals surface area contributed by atoms with E-state index in [4.69, 9.17) is 0 Å². The van der Waals surface area contributed by atoms with Crippen LogP contribution < -0.4 is 10.9 Å². The van der Waals surface area contributed by atoms with Crippen LogP contribution in [0.2, 0.25) is 0 Å². The van der Waals surface area contributed by atoms with Crippen molar-refractivity contribution >= 4 is 28.6 Å². The fourth-order valence-corrected chi connectivity index (χ4v) is 5.74. The van der Waals surface area contributed by atoms with Gasteiger partial charge in [-0.05, 0) is 90.6 Å². The Morgan fingerprint density at radius 2 is 1.75 bits per heavy atom. The molecular weight excluding hydrogens is 464 g/mol. The van der Waals surface area contributed by atoms with Gasteiger partial charge in [0.25, 0.3) is 11.5 Å². The summed E-state index contributed by atoms with van der Waals surface area (Å²) in [5.74, 6) is 0.226. The summed E-state index contributed by atoms with van der Waals surface area (Å²) in [7, 11) is 0. The Bertz CT molecular complexity index is 1430. The average Bonchev–Trinajstić information content (AvgIpc) is 3.33. The molecule has 0 spiro atoms. The van der Waals surface area contributed by atoms with Crippen molar-refractivity contribution in [1.29, 1.82) is 0 Å². The maximum atomic E-state index is 13.5. The van der Waals surface area contributed by atoms with Gasteiger partial charge in [0.1, 0.15) is 5.56 Å². The number of aromatic nitrogens is 1. The zero-order valence-corrected chi connectivity index (χ0v) is 21.5. The van der Waals surface area contributed by atoms with Crippen LogP contribution in [0.25, 0.3) is 10.9 Å². The summed E-state index contributed by atoms with van der Waals surface area (Å²) in [6, 6.07) is 26.6. The minimum atomic E-state index is -0.287. The summed E-state index contributed by atoms with van der Waals surface area (Å²) in [6.07, 6.45) is 6.85. The monoisotopic (exact) mass is 496 g/mol. The Morgan fingerprint density at radius 1 is 0.972 bits per heavy atom. The number of aryl methyl sites for hydroxylation is 2. The highest BCUT2D eigenvalue weighted by molar-refractivity contribution is 7.98. The Labute approximate surface area is 216 Å². The van der Waals surface area contributed by atoms with E-state index in [9.17, 15) is 9.59 Å². The maximum Gasteiger partial charge on any atom is 0.263 e. The van der Waals surface area contributed by atoms with E-state index in [0.29, 0.717) is 19.0 Å². The molecule has 0 radical (unpaired) electrons. The lowest BCUT2D eigenvalue weighted by Gasteiger charge is -2.15. The third-order valence-electron chi connectivity index (χ3n) is 7.21. The molecule has 5 rings (SSSR count). The lowest BCUT2D eigenvalue weighted by molar-refractivity contribution is 0.0951. The Kier molecular flexibility index (Phi) is 7.57. The van der Waals surface area contributed by atoms with Crippen LogP contribution in [0.1, 0.15) is 39.9 Å². The van der Waals surface area contributed by atoms with Crippen molar-refractivity contribution in [1.82, 2.24) is 9.88 Å². The van der Waals surface area contributed by atoms with Crippen LogP contribution in [0.3, 0.4) is 0 Å². The molecular formula is C31H32N2O2S. The van der Waals surface area contributed by atoms with Gasteiger partial charge in [-0.15, -0.1) is 11.8 Å². The molecule has 4 nitrogen and oxygen atoms in total. The maximum absolute atomic E-state index is 13.5. The first kappa shape index (κ1) is 24.4. The number of fused-ring (bicyclic) bond motifs is 2. The Morgan fingerprint density at radius 3 is 2.58 bits per heavy atom. The van der Waals surface area contributed by atoms with Gasteiger partial charge in [0.2, 0.25) is 0 Å². The van der Waals surface area contributed by atoms with Crippen molar-refractivity contribution in [3.63, 3.8) is 0 Å². The molecule has 184 valence electrons. The van der Waals surface area contributed by atoms with Gasteiger partial charge in [0.15, 0.2) is 0 Å². The highest BCUT2D eigenvalue weighted by Gasteiger charge is 2.23. The van der Waals surface area contributed by atoms with Gasteiger partial charge in [0, 0.05) is 18.0 Å². The van der Waals surface area contributed by atoms with Crippen molar-refractivity contribution in [2.45, 2.75) is 43.5 Å². The molecule has 1 heterocycles. The van der Waals surface area contributed by atoms with Gasteiger partial charge in [-0.25, -0.2) is 0 Å². The molecule has 5 heteroatoms. The first-order chi connectivity index (χ1) is 17.6. The van der Waals surface area contributed by atoms with Crippen molar-refractivity contribution in [3.8, 4) is 0 Å². The van der Waals surface area contributed by atoms with Crippen LogP contribution >= 0.6 is 11.8 Å². The smallest absolute Gasteiger partial charge is 0.263 e. The molecule has 1 aliphatic carbocycles. The number of amides is 1. The SMILES string of the molecule is CSc1ccc2c(c1)CC(CCn1c(=O)c(C(=O)NCCCc3ccccc3)cc3ccccc31)C2. The fraction of sp³-hybridized carbons (Fsp3) is 0.290. The number of thioether (sulfide) groups is 1. The number of carbonyl (C=O) groups excluding carboxylic acids is 1. The lowest BCUT2D eigenvalue weighted by atomic mass is 10.0. The third kappa shape index (κ3) is 5.41. The van der Waals surface area contributed by atoms with E-state index >= 15 is 0 Å². The van der Waals surface area contributed by atoms with Crippen LogP contribution in [0.5, 0.6) is 0 Å². The van der Waals surface area contributed by atoms with Gasteiger partial charge in [-0.3, -0.25) is 9.59 Å². The van der Waals surface area contributed by atoms with Gasteiger partial charge in [-0.1, -0.05) is 54.6 Å². The molecule has 36 heavy (non-hydrogen) atoms. The molecule has 1 atom stereocenters. The number of benzene rings is 3. The molecule has 1 N–H and O–H groups in total. The summed E-state index contributed by atoms with van der Waals surface area (Å²) in [6.45, 7) is 1.15. The minimum absolute atomic E-state index is 0.200. The van der Waals surface area contributed by atoms with Crippen molar-refractivity contribution in [2.75, 3.05) is 12.8 Å².